The normalized spacial score (nSPS) is 10.8. The van der Waals surface area contributed by atoms with Gasteiger partial charge < -0.3 is 10.6 Å². The zero-order chi connectivity index (χ0) is 9.84. The average Bonchev–Trinajstić information content (AvgIpc) is 2.02. The van der Waals surface area contributed by atoms with Gasteiger partial charge in [0.2, 0.25) is 0 Å². The quantitative estimate of drug-likeness (QED) is 0.755. The van der Waals surface area contributed by atoms with Crippen molar-refractivity contribution < 1.29 is 0 Å². The maximum Gasteiger partial charge on any atom is 0.0645 e. The molecule has 0 aliphatic rings. The lowest BCUT2D eigenvalue weighted by atomic mass is 10.2. The molecule has 1 heterocycles. The third-order valence-electron chi connectivity index (χ3n) is 1.94. The van der Waals surface area contributed by atoms with E-state index in [2.05, 4.69) is 9.88 Å². The average molecular weight is 179 g/mol. The zero-order valence-corrected chi connectivity index (χ0v) is 8.54. The molecule has 1 rings (SSSR count). The van der Waals surface area contributed by atoms with Gasteiger partial charge in [0.15, 0.2) is 0 Å². The summed E-state index contributed by atoms with van der Waals surface area (Å²) in [6.07, 6.45) is 2.78. The number of nitrogens with zero attached hydrogens (tertiary/aromatic N) is 2. The molecular formula is C10H17N3. The standard InChI is InChI=1S/C10H17N3/c1-8-6-9(11)10(12-7-8)4-5-13(2)3/h6-7H,4-5,11H2,1-3H3. The lowest BCUT2D eigenvalue weighted by molar-refractivity contribution is 0.412. The second-order valence-corrected chi connectivity index (χ2v) is 3.60. The van der Waals surface area contributed by atoms with Crippen LogP contribution < -0.4 is 5.73 Å². The first-order valence-electron chi connectivity index (χ1n) is 4.45. The maximum atomic E-state index is 5.83. The topological polar surface area (TPSA) is 42.2 Å². The molecule has 0 radical (unpaired) electrons. The molecule has 3 heteroatoms. The van der Waals surface area contributed by atoms with Crippen LogP contribution >= 0.6 is 0 Å². The second-order valence-electron chi connectivity index (χ2n) is 3.60. The lowest BCUT2D eigenvalue weighted by Crippen LogP contribution is -2.16. The fourth-order valence-corrected chi connectivity index (χ4v) is 1.16. The SMILES string of the molecule is Cc1cnc(CCN(C)C)c(N)c1. The number of hydrogen-bond acceptors (Lipinski definition) is 3. The molecule has 0 unspecified atom stereocenters. The molecule has 0 bridgehead atoms. The fraction of sp³-hybridized carbons (Fsp3) is 0.500. The molecule has 1 aromatic rings. The molecule has 0 saturated carbocycles. The monoisotopic (exact) mass is 179 g/mol. The Morgan fingerprint density at radius 1 is 1.46 bits per heavy atom. The number of pyridine rings is 1. The highest BCUT2D eigenvalue weighted by Crippen LogP contribution is 2.10. The Labute approximate surface area is 79.6 Å². The van der Waals surface area contributed by atoms with Crippen LogP contribution in [0, 0.1) is 6.92 Å². The van der Waals surface area contributed by atoms with Gasteiger partial charge in [-0.25, -0.2) is 0 Å². The molecule has 0 fully saturated rings. The molecule has 2 N–H and O–H groups in total. The fourth-order valence-electron chi connectivity index (χ4n) is 1.16. The van der Waals surface area contributed by atoms with Gasteiger partial charge >= 0.3 is 0 Å². The summed E-state index contributed by atoms with van der Waals surface area (Å²) < 4.78 is 0. The summed E-state index contributed by atoms with van der Waals surface area (Å²) in [5.74, 6) is 0. The Hall–Kier alpha value is -1.09. The van der Waals surface area contributed by atoms with Gasteiger partial charge in [-0.15, -0.1) is 0 Å². The summed E-state index contributed by atoms with van der Waals surface area (Å²) in [5, 5.41) is 0. The van der Waals surface area contributed by atoms with Crippen molar-refractivity contribution in [2.45, 2.75) is 13.3 Å². The second kappa shape index (κ2) is 4.23. The van der Waals surface area contributed by atoms with E-state index < -0.39 is 0 Å². The highest BCUT2D eigenvalue weighted by atomic mass is 15.0. The Kier molecular flexibility index (Phi) is 3.25. The number of anilines is 1. The number of aryl methyl sites for hydroxylation is 1. The predicted octanol–water partition coefficient (Wildman–Crippen LogP) is 1.08. The largest absolute Gasteiger partial charge is 0.397 e. The van der Waals surface area contributed by atoms with E-state index in [0.717, 1.165) is 29.9 Å². The van der Waals surface area contributed by atoms with Crippen LogP contribution in [0.4, 0.5) is 5.69 Å². The number of hydrogen-bond donors (Lipinski definition) is 1. The van der Waals surface area contributed by atoms with Crippen LogP contribution in [0.25, 0.3) is 0 Å². The summed E-state index contributed by atoms with van der Waals surface area (Å²) in [4.78, 5) is 6.42. The Morgan fingerprint density at radius 3 is 2.69 bits per heavy atom. The molecule has 0 saturated heterocycles. The van der Waals surface area contributed by atoms with E-state index in [0.29, 0.717) is 0 Å². The highest BCUT2D eigenvalue weighted by Gasteiger charge is 2.01. The first kappa shape index (κ1) is 9.99. The summed E-state index contributed by atoms with van der Waals surface area (Å²) in [7, 11) is 4.09. The van der Waals surface area contributed by atoms with E-state index in [4.69, 9.17) is 5.73 Å². The van der Waals surface area contributed by atoms with Crippen molar-refractivity contribution in [1.82, 2.24) is 9.88 Å². The summed E-state index contributed by atoms with van der Waals surface area (Å²) in [5.41, 5.74) is 8.75. The molecule has 3 nitrogen and oxygen atoms in total. The first-order chi connectivity index (χ1) is 6.09. The zero-order valence-electron chi connectivity index (χ0n) is 8.54. The molecule has 72 valence electrons. The van der Waals surface area contributed by atoms with Gasteiger partial charge in [0, 0.05) is 19.2 Å². The molecule has 1 aromatic heterocycles. The van der Waals surface area contributed by atoms with Crippen LogP contribution in [0.5, 0.6) is 0 Å². The van der Waals surface area contributed by atoms with Gasteiger partial charge in [0.1, 0.15) is 0 Å². The van der Waals surface area contributed by atoms with E-state index in [9.17, 15) is 0 Å². The van der Waals surface area contributed by atoms with Gasteiger partial charge in [-0.05, 0) is 32.6 Å². The minimum atomic E-state index is 0.807. The van der Waals surface area contributed by atoms with E-state index in [-0.39, 0.29) is 0 Å². The summed E-state index contributed by atoms with van der Waals surface area (Å²) in [6.45, 7) is 2.99. The number of nitrogen functional groups attached to an aromatic ring is 1. The maximum absolute atomic E-state index is 5.83. The van der Waals surface area contributed by atoms with Gasteiger partial charge in [0.05, 0.1) is 11.4 Å². The number of rotatable bonds is 3. The predicted molar refractivity (Wildman–Crippen MR) is 55.6 cm³/mol. The minimum absolute atomic E-state index is 0.807. The van der Waals surface area contributed by atoms with Gasteiger partial charge in [0.25, 0.3) is 0 Å². The van der Waals surface area contributed by atoms with Crippen LogP contribution in [0.2, 0.25) is 0 Å². The Balaban J connectivity index is 2.67. The van der Waals surface area contributed by atoms with E-state index in [1.807, 2.05) is 33.3 Å². The molecular weight excluding hydrogens is 162 g/mol. The smallest absolute Gasteiger partial charge is 0.0645 e. The van der Waals surface area contributed by atoms with Crippen LogP contribution in [0.1, 0.15) is 11.3 Å². The van der Waals surface area contributed by atoms with Gasteiger partial charge in [-0.2, -0.15) is 0 Å². The van der Waals surface area contributed by atoms with E-state index in [1.54, 1.807) is 0 Å². The van der Waals surface area contributed by atoms with Crippen molar-refractivity contribution >= 4 is 5.69 Å². The van der Waals surface area contributed by atoms with Crippen molar-refractivity contribution in [2.24, 2.45) is 0 Å². The highest BCUT2D eigenvalue weighted by molar-refractivity contribution is 5.44. The molecule has 13 heavy (non-hydrogen) atoms. The van der Waals surface area contributed by atoms with Crippen LogP contribution in [0.15, 0.2) is 12.3 Å². The third-order valence-corrected chi connectivity index (χ3v) is 1.94. The molecule has 0 aromatic carbocycles. The van der Waals surface area contributed by atoms with Crippen LogP contribution in [0.3, 0.4) is 0 Å². The summed E-state index contributed by atoms with van der Waals surface area (Å²) in [6, 6.07) is 1.97. The Bertz CT molecular complexity index is 281. The van der Waals surface area contributed by atoms with Crippen LogP contribution in [-0.4, -0.2) is 30.5 Å². The van der Waals surface area contributed by atoms with Gasteiger partial charge in [-0.1, -0.05) is 0 Å². The Morgan fingerprint density at radius 2 is 2.15 bits per heavy atom. The van der Waals surface area contributed by atoms with Crippen LogP contribution in [-0.2, 0) is 6.42 Å². The van der Waals surface area contributed by atoms with Crippen molar-refractivity contribution in [2.75, 3.05) is 26.4 Å². The first-order valence-corrected chi connectivity index (χ1v) is 4.45. The number of nitrogens with two attached hydrogens (primary N) is 1. The lowest BCUT2D eigenvalue weighted by Gasteiger charge is -2.10. The molecule has 0 atom stereocenters. The molecule has 0 aliphatic carbocycles. The molecule has 0 aliphatic heterocycles. The number of aromatic nitrogens is 1. The minimum Gasteiger partial charge on any atom is -0.397 e. The van der Waals surface area contributed by atoms with E-state index >= 15 is 0 Å². The van der Waals surface area contributed by atoms with Crippen molar-refractivity contribution in [1.29, 1.82) is 0 Å². The van der Waals surface area contributed by atoms with E-state index in [1.165, 1.54) is 0 Å². The third kappa shape index (κ3) is 3.03. The van der Waals surface area contributed by atoms with Gasteiger partial charge in [-0.3, -0.25) is 4.98 Å². The van der Waals surface area contributed by atoms with Crippen molar-refractivity contribution in [3.63, 3.8) is 0 Å². The van der Waals surface area contributed by atoms with Crippen molar-refractivity contribution in [3.05, 3.63) is 23.5 Å². The molecule has 0 spiro atoms. The molecule has 0 amide bonds. The number of likely N-dealkylation sites (N-methyl/N-ethyl adjacent to an activating group) is 1. The summed E-state index contributed by atoms with van der Waals surface area (Å²) >= 11 is 0. The van der Waals surface area contributed by atoms with Crippen molar-refractivity contribution in [3.8, 4) is 0 Å².